The zero-order chi connectivity index (χ0) is 49.2. The molecule has 68 heavy (non-hydrogen) atoms. The summed E-state index contributed by atoms with van der Waals surface area (Å²) in [7, 11) is 0. The molecule has 2 fully saturated rings. The van der Waals surface area contributed by atoms with Crippen molar-refractivity contribution in [2.24, 2.45) is 15.6 Å². The van der Waals surface area contributed by atoms with Gasteiger partial charge in [0.25, 0.3) is 11.6 Å². The van der Waals surface area contributed by atoms with Crippen LogP contribution in [0.5, 0.6) is 11.5 Å². The van der Waals surface area contributed by atoms with Crippen molar-refractivity contribution in [3.63, 3.8) is 0 Å². The van der Waals surface area contributed by atoms with Crippen LogP contribution in [0, 0.1) is 5.41 Å². The van der Waals surface area contributed by atoms with Gasteiger partial charge < -0.3 is 29.1 Å². The first-order chi connectivity index (χ1) is 31.9. The minimum absolute atomic E-state index is 0.151. The van der Waals surface area contributed by atoms with Gasteiger partial charge in [0.1, 0.15) is 28.8 Å². The second-order valence-electron chi connectivity index (χ2n) is 19.3. The number of hydrogen-bond donors (Lipinski definition) is 1. The lowest BCUT2D eigenvalue weighted by Crippen LogP contribution is -2.40. The van der Waals surface area contributed by atoms with Crippen molar-refractivity contribution in [2.75, 3.05) is 32.8 Å². The summed E-state index contributed by atoms with van der Waals surface area (Å²) >= 11 is 0. The number of aromatic nitrogens is 6. The molecule has 4 aliphatic heterocycles. The number of likely N-dealkylation sites (tertiary alicyclic amines) is 2. The summed E-state index contributed by atoms with van der Waals surface area (Å²) in [6, 6.07) is 15.1. The fraction of sp³-hybridized carbons (Fsp3) is 0.565. The highest BCUT2D eigenvalue weighted by molar-refractivity contribution is 5.83. The number of carbonyl (C=O) groups excluding carboxylic acids is 1. The standard InChI is InChI=1S/2C23H28F3N5O3/c1-22(2,3)34-20(32)14-33-17-6-4-15(5-7-17)16-10-12-30(13-11-16)19-9-8-18-27-28-21(23(24,25)26)31(18)29-19;1-22(2,3)19(20(32)33)34-16-6-4-14(5-7-16)15-10-12-30(13-11-15)18-9-8-17-27-28-21(23(24,25)26)31(17)29-18/h4-7,16H,8-14H2,1-3H3;4-7,15,19H,8-13H2,1-3H3,(H,32,33). The van der Waals surface area contributed by atoms with E-state index in [1.54, 1.807) is 32.9 Å². The van der Waals surface area contributed by atoms with Crippen molar-refractivity contribution in [2.45, 2.75) is 129 Å². The molecule has 1 unspecified atom stereocenters. The Kier molecular flexibility index (Phi) is 14.5. The van der Waals surface area contributed by atoms with Crippen molar-refractivity contribution in [1.29, 1.82) is 0 Å². The number of carboxylic acid groups (broad SMARTS) is 1. The maximum absolute atomic E-state index is 13.2. The minimum Gasteiger partial charge on any atom is -0.482 e. The molecular formula is C46H56F6N10O6. The van der Waals surface area contributed by atoms with Gasteiger partial charge in [0, 0.05) is 57.3 Å². The second kappa shape index (κ2) is 19.8. The van der Waals surface area contributed by atoms with Gasteiger partial charge >= 0.3 is 24.3 Å². The Morgan fingerprint density at radius 2 is 1.04 bits per heavy atom. The van der Waals surface area contributed by atoms with Crippen LogP contribution in [-0.4, -0.2) is 113 Å². The van der Waals surface area contributed by atoms with Gasteiger partial charge in [0.05, 0.1) is 0 Å². The molecule has 8 rings (SSSR count). The minimum atomic E-state index is -4.60. The molecule has 0 amide bonds. The number of halogens is 6. The second-order valence-corrected chi connectivity index (χ2v) is 19.3. The molecule has 2 aromatic carbocycles. The first kappa shape index (κ1) is 49.7. The van der Waals surface area contributed by atoms with E-state index in [0.717, 1.165) is 46.2 Å². The Morgan fingerprint density at radius 1 is 0.632 bits per heavy atom. The highest BCUT2D eigenvalue weighted by Gasteiger charge is 2.42. The molecular weight excluding hydrogens is 903 g/mol. The summed E-state index contributed by atoms with van der Waals surface area (Å²) < 4.78 is 97.1. The number of carboxylic acids is 1. The number of carbonyl (C=O) groups is 2. The zero-order valence-electron chi connectivity index (χ0n) is 38.8. The lowest BCUT2D eigenvalue weighted by Gasteiger charge is -2.35. The van der Waals surface area contributed by atoms with Gasteiger partial charge in [-0.2, -0.15) is 45.9 Å². The zero-order valence-corrected chi connectivity index (χ0v) is 38.8. The molecule has 4 aromatic rings. The molecule has 0 radical (unpaired) electrons. The Labute approximate surface area is 389 Å². The Morgan fingerprint density at radius 3 is 1.41 bits per heavy atom. The van der Waals surface area contributed by atoms with E-state index < -0.39 is 53.1 Å². The lowest BCUT2D eigenvalue weighted by atomic mass is 9.88. The maximum atomic E-state index is 13.2. The topological polar surface area (TPSA) is 175 Å². The van der Waals surface area contributed by atoms with Crippen molar-refractivity contribution >= 4 is 23.6 Å². The summed E-state index contributed by atoms with van der Waals surface area (Å²) in [6.45, 7) is 13.5. The number of aryl methyl sites for hydroxylation is 2. The highest BCUT2D eigenvalue weighted by Crippen LogP contribution is 2.35. The molecule has 16 nitrogen and oxygen atoms in total. The van der Waals surface area contributed by atoms with E-state index in [9.17, 15) is 41.0 Å². The van der Waals surface area contributed by atoms with Crippen LogP contribution < -0.4 is 9.47 Å². The molecule has 368 valence electrons. The predicted octanol–water partition coefficient (Wildman–Crippen LogP) is 8.17. The van der Waals surface area contributed by atoms with E-state index in [1.807, 2.05) is 62.1 Å². The molecule has 1 atom stereocenters. The van der Waals surface area contributed by atoms with Crippen LogP contribution in [0.3, 0.4) is 0 Å². The van der Waals surface area contributed by atoms with Gasteiger partial charge in [0.2, 0.25) is 0 Å². The number of fused-ring (bicyclic) bond motifs is 2. The SMILES string of the molecule is CC(C)(C)C(Oc1ccc(C2CCN(C3=Nn4c(nnc4C(F)(F)F)CC3)CC2)cc1)C(=O)O.CC(C)(C)OC(=O)COc1ccc(C2CCN(C3=Nn4c(nnc4C(F)(F)F)CC3)CC2)cc1. The van der Waals surface area contributed by atoms with Gasteiger partial charge in [-0.05, 0) is 93.7 Å². The summed E-state index contributed by atoms with van der Waals surface area (Å²) in [6.07, 6.45) is -4.93. The fourth-order valence-corrected chi connectivity index (χ4v) is 8.56. The molecule has 2 aromatic heterocycles. The third-order valence-corrected chi connectivity index (χ3v) is 12.0. The molecule has 1 N–H and O–H groups in total. The first-order valence-corrected chi connectivity index (χ1v) is 22.6. The number of alkyl halides is 6. The first-order valence-electron chi connectivity index (χ1n) is 22.6. The van der Waals surface area contributed by atoms with E-state index in [0.29, 0.717) is 86.9 Å². The predicted molar refractivity (Wildman–Crippen MR) is 235 cm³/mol. The number of esters is 1. The maximum Gasteiger partial charge on any atom is 0.453 e. The van der Waals surface area contributed by atoms with Crippen molar-refractivity contribution in [1.82, 2.24) is 39.5 Å². The van der Waals surface area contributed by atoms with Gasteiger partial charge in [-0.25, -0.2) is 9.59 Å². The van der Waals surface area contributed by atoms with Gasteiger partial charge in [0.15, 0.2) is 24.4 Å². The Hall–Kier alpha value is -6.22. The number of benzene rings is 2. The van der Waals surface area contributed by atoms with E-state index in [2.05, 4.69) is 35.5 Å². The van der Waals surface area contributed by atoms with Crippen LogP contribution in [0.15, 0.2) is 58.7 Å². The van der Waals surface area contributed by atoms with Crippen LogP contribution in [0.2, 0.25) is 0 Å². The smallest absolute Gasteiger partial charge is 0.453 e. The quantitative estimate of drug-likeness (QED) is 0.133. The molecule has 4 aliphatic rings. The number of nitrogens with zero attached hydrogens (tertiary/aromatic N) is 10. The average Bonchev–Trinajstić information content (AvgIpc) is 3.92. The van der Waals surface area contributed by atoms with Gasteiger partial charge in [-0.3, -0.25) is 0 Å². The lowest BCUT2D eigenvalue weighted by molar-refractivity contribution is -0.157. The van der Waals surface area contributed by atoms with Gasteiger partial charge in [-0.15, -0.1) is 20.4 Å². The summed E-state index contributed by atoms with van der Waals surface area (Å²) in [5.41, 5.74) is 1.19. The highest BCUT2D eigenvalue weighted by atomic mass is 19.4. The molecule has 2 saturated heterocycles. The fourth-order valence-electron chi connectivity index (χ4n) is 8.56. The number of aliphatic carboxylic acids is 1. The molecule has 0 aliphatic carbocycles. The Bertz CT molecular complexity index is 2450. The van der Waals surface area contributed by atoms with Crippen LogP contribution in [-0.2, 0) is 39.5 Å². The third-order valence-electron chi connectivity index (χ3n) is 12.0. The van der Waals surface area contributed by atoms with E-state index in [-0.39, 0.29) is 18.3 Å². The summed E-state index contributed by atoms with van der Waals surface area (Å²) in [4.78, 5) is 27.4. The monoisotopic (exact) mass is 958 g/mol. The largest absolute Gasteiger partial charge is 0.482 e. The molecule has 0 bridgehead atoms. The summed E-state index contributed by atoms with van der Waals surface area (Å²) in [5, 5.41) is 31.7. The number of rotatable bonds is 8. The third kappa shape index (κ3) is 12.3. The number of piperidine rings is 2. The molecule has 0 saturated carbocycles. The molecule has 6 heterocycles. The number of hydrogen-bond acceptors (Lipinski definition) is 13. The van der Waals surface area contributed by atoms with E-state index in [1.165, 1.54) is 0 Å². The normalized spacial score (nSPS) is 17.8. The molecule has 0 spiro atoms. The van der Waals surface area contributed by atoms with Crippen molar-refractivity contribution < 1.29 is 55.2 Å². The van der Waals surface area contributed by atoms with Crippen molar-refractivity contribution in [3.05, 3.63) is 83.0 Å². The van der Waals surface area contributed by atoms with Crippen LogP contribution in [0.1, 0.15) is 126 Å². The number of amidine groups is 2. The van der Waals surface area contributed by atoms with E-state index >= 15 is 0 Å². The van der Waals surface area contributed by atoms with Gasteiger partial charge in [-0.1, -0.05) is 45.0 Å². The van der Waals surface area contributed by atoms with Crippen LogP contribution >= 0.6 is 0 Å². The van der Waals surface area contributed by atoms with E-state index in [4.69, 9.17) is 14.2 Å². The number of ether oxygens (including phenoxy) is 3. The van der Waals surface area contributed by atoms with Crippen molar-refractivity contribution in [3.8, 4) is 11.5 Å². The summed E-state index contributed by atoms with van der Waals surface area (Å²) in [5.74, 6) is -0.142. The van der Waals surface area contributed by atoms with Crippen LogP contribution in [0.4, 0.5) is 26.3 Å². The Balaban J connectivity index is 0.000000201. The molecule has 22 heteroatoms. The average molecular weight is 959 g/mol. The van der Waals surface area contributed by atoms with Crippen LogP contribution in [0.25, 0.3) is 0 Å².